The summed E-state index contributed by atoms with van der Waals surface area (Å²) >= 11 is 0. The maximum Gasteiger partial charge on any atom is 0.253 e. The molecule has 2 heterocycles. The van der Waals surface area contributed by atoms with Gasteiger partial charge in [-0.1, -0.05) is 30.3 Å². The molecule has 0 aromatic heterocycles. The molecule has 0 aliphatic carbocycles. The van der Waals surface area contributed by atoms with Crippen molar-refractivity contribution in [2.24, 2.45) is 0 Å². The molecule has 4 heteroatoms. The number of anilines is 1. The third-order valence-electron chi connectivity index (χ3n) is 5.71. The van der Waals surface area contributed by atoms with Crippen LogP contribution in [0.5, 0.6) is 0 Å². The minimum atomic E-state index is 0.145. The Hall–Kier alpha value is -2.33. The summed E-state index contributed by atoms with van der Waals surface area (Å²) in [7, 11) is 2.14. The van der Waals surface area contributed by atoms with Crippen molar-refractivity contribution in [3.63, 3.8) is 0 Å². The van der Waals surface area contributed by atoms with Crippen molar-refractivity contribution in [3.05, 3.63) is 65.7 Å². The summed E-state index contributed by atoms with van der Waals surface area (Å²) in [6, 6.07) is 18.9. The van der Waals surface area contributed by atoms with Gasteiger partial charge in [0.25, 0.3) is 5.91 Å². The number of amides is 1. The highest BCUT2D eigenvalue weighted by atomic mass is 16.2. The van der Waals surface area contributed by atoms with Gasteiger partial charge in [0.05, 0.1) is 6.04 Å². The Kier molecular flexibility index (Phi) is 4.93. The smallest absolute Gasteiger partial charge is 0.253 e. The van der Waals surface area contributed by atoms with E-state index in [9.17, 15) is 4.79 Å². The molecule has 1 atom stereocenters. The van der Waals surface area contributed by atoms with Gasteiger partial charge in [-0.05, 0) is 49.7 Å². The van der Waals surface area contributed by atoms with Crippen molar-refractivity contribution in [1.29, 1.82) is 0 Å². The van der Waals surface area contributed by atoms with Crippen molar-refractivity contribution < 1.29 is 4.79 Å². The van der Waals surface area contributed by atoms with Crippen molar-refractivity contribution in [1.82, 2.24) is 9.80 Å². The third-order valence-corrected chi connectivity index (χ3v) is 5.71. The zero-order chi connectivity index (χ0) is 17.9. The van der Waals surface area contributed by atoms with Gasteiger partial charge in [-0.15, -0.1) is 0 Å². The topological polar surface area (TPSA) is 26.8 Å². The van der Waals surface area contributed by atoms with Crippen LogP contribution in [0.15, 0.2) is 54.6 Å². The number of piperazine rings is 1. The van der Waals surface area contributed by atoms with E-state index < -0.39 is 0 Å². The largest absolute Gasteiger partial charge is 0.372 e. The monoisotopic (exact) mass is 349 g/mol. The van der Waals surface area contributed by atoms with Crippen LogP contribution < -0.4 is 4.90 Å². The number of hydrogen-bond acceptors (Lipinski definition) is 3. The van der Waals surface area contributed by atoms with E-state index in [0.717, 1.165) is 38.3 Å². The van der Waals surface area contributed by atoms with E-state index in [1.807, 2.05) is 23.1 Å². The van der Waals surface area contributed by atoms with E-state index >= 15 is 0 Å². The Morgan fingerprint density at radius 1 is 0.885 bits per heavy atom. The molecule has 2 aromatic rings. The quantitative estimate of drug-likeness (QED) is 0.850. The summed E-state index contributed by atoms with van der Waals surface area (Å²) < 4.78 is 0. The molecule has 2 aromatic carbocycles. The summed E-state index contributed by atoms with van der Waals surface area (Å²) in [5.74, 6) is 0.145. The fourth-order valence-corrected chi connectivity index (χ4v) is 4.07. The van der Waals surface area contributed by atoms with Crippen molar-refractivity contribution >= 4 is 11.6 Å². The van der Waals surface area contributed by atoms with Crippen LogP contribution in [-0.2, 0) is 0 Å². The third kappa shape index (κ3) is 3.47. The Morgan fingerprint density at radius 2 is 1.58 bits per heavy atom. The lowest BCUT2D eigenvalue weighted by atomic mass is 10.0. The lowest BCUT2D eigenvalue weighted by Crippen LogP contribution is -2.49. The van der Waals surface area contributed by atoms with Crippen LogP contribution in [0.3, 0.4) is 0 Å². The zero-order valence-corrected chi connectivity index (χ0v) is 15.5. The molecule has 0 spiro atoms. The highest BCUT2D eigenvalue weighted by Crippen LogP contribution is 2.26. The summed E-state index contributed by atoms with van der Waals surface area (Å²) in [4.78, 5) is 19.8. The molecule has 136 valence electrons. The summed E-state index contributed by atoms with van der Waals surface area (Å²) in [6.07, 6.45) is 2.53. The van der Waals surface area contributed by atoms with Crippen LogP contribution in [0, 0.1) is 0 Å². The number of benzene rings is 2. The number of carbonyl (C=O) groups excluding carboxylic acids is 1. The van der Waals surface area contributed by atoms with Gasteiger partial charge in [0.2, 0.25) is 0 Å². The summed E-state index contributed by atoms with van der Waals surface area (Å²) in [5, 5.41) is 0. The molecule has 1 unspecified atom stereocenters. The molecule has 0 N–H and O–H groups in total. The lowest BCUT2D eigenvalue weighted by Gasteiger charge is -2.39. The van der Waals surface area contributed by atoms with Crippen LogP contribution in [0.1, 0.15) is 34.8 Å². The molecule has 26 heavy (non-hydrogen) atoms. The van der Waals surface area contributed by atoms with E-state index in [-0.39, 0.29) is 11.9 Å². The first-order valence-corrected chi connectivity index (χ1v) is 9.62. The second-order valence-corrected chi connectivity index (χ2v) is 7.40. The first-order valence-electron chi connectivity index (χ1n) is 9.62. The fourth-order valence-electron chi connectivity index (χ4n) is 4.07. The molecule has 0 radical (unpaired) electrons. The highest BCUT2D eigenvalue weighted by molar-refractivity contribution is 5.94. The van der Waals surface area contributed by atoms with Gasteiger partial charge in [0.15, 0.2) is 0 Å². The minimum Gasteiger partial charge on any atom is -0.372 e. The van der Waals surface area contributed by atoms with Gasteiger partial charge >= 0.3 is 0 Å². The number of carbonyl (C=O) groups is 1. The normalized spacial score (nSPS) is 21.2. The maximum atomic E-state index is 13.0. The standard InChI is InChI=1S/C22H27N3O/c1-23-15-16-25(17-21(23)18-7-3-2-4-8-18)22(26)19-9-11-20(12-10-19)24-13-5-6-14-24/h2-4,7-12,21H,5-6,13-17H2,1H3. The molecular weight excluding hydrogens is 322 g/mol. The van der Waals surface area contributed by atoms with Crippen LogP contribution >= 0.6 is 0 Å². The summed E-state index contributed by atoms with van der Waals surface area (Å²) in [5.41, 5.74) is 3.31. The molecule has 2 fully saturated rings. The SMILES string of the molecule is CN1CCN(C(=O)c2ccc(N3CCCC3)cc2)CC1c1ccccc1. The molecule has 2 aliphatic heterocycles. The molecule has 4 nitrogen and oxygen atoms in total. The van der Waals surface area contributed by atoms with Crippen LogP contribution in [-0.4, -0.2) is 55.5 Å². The van der Waals surface area contributed by atoms with Gasteiger partial charge < -0.3 is 9.80 Å². The number of likely N-dealkylation sites (N-methyl/N-ethyl adjacent to an activating group) is 1. The Labute approximate surface area is 156 Å². The second kappa shape index (κ2) is 7.50. The minimum absolute atomic E-state index is 0.145. The predicted octanol–water partition coefficient (Wildman–Crippen LogP) is 3.42. The van der Waals surface area contributed by atoms with E-state index in [1.54, 1.807) is 0 Å². The molecule has 2 aliphatic rings. The van der Waals surface area contributed by atoms with E-state index in [2.05, 4.69) is 53.2 Å². The predicted molar refractivity (Wildman–Crippen MR) is 106 cm³/mol. The fraction of sp³-hybridized carbons (Fsp3) is 0.409. The number of hydrogen-bond donors (Lipinski definition) is 0. The maximum absolute atomic E-state index is 13.0. The van der Waals surface area contributed by atoms with E-state index in [1.165, 1.54) is 24.1 Å². The molecular formula is C22H27N3O. The van der Waals surface area contributed by atoms with E-state index in [4.69, 9.17) is 0 Å². The number of nitrogens with zero attached hydrogens (tertiary/aromatic N) is 3. The van der Waals surface area contributed by atoms with Gasteiger partial charge in [-0.3, -0.25) is 9.69 Å². The average molecular weight is 349 g/mol. The van der Waals surface area contributed by atoms with E-state index in [0.29, 0.717) is 0 Å². The van der Waals surface area contributed by atoms with Crippen LogP contribution in [0.25, 0.3) is 0 Å². The lowest BCUT2D eigenvalue weighted by molar-refractivity contribution is 0.0546. The van der Waals surface area contributed by atoms with Crippen molar-refractivity contribution in [2.75, 3.05) is 44.7 Å². The first-order chi connectivity index (χ1) is 12.7. The Balaban J connectivity index is 1.47. The van der Waals surface area contributed by atoms with Crippen LogP contribution in [0.4, 0.5) is 5.69 Å². The van der Waals surface area contributed by atoms with Gasteiger partial charge in [0, 0.05) is 44.0 Å². The molecule has 1 amide bonds. The molecule has 2 saturated heterocycles. The van der Waals surface area contributed by atoms with Gasteiger partial charge in [-0.2, -0.15) is 0 Å². The second-order valence-electron chi connectivity index (χ2n) is 7.40. The van der Waals surface area contributed by atoms with Gasteiger partial charge in [-0.25, -0.2) is 0 Å². The molecule has 4 rings (SSSR count). The average Bonchev–Trinajstić information content (AvgIpc) is 3.23. The zero-order valence-electron chi connectivity index (χ0n) is 15.5. The van der Waals surface area contributed by atoms with Gasteiger partial charge in [0.1, 0.15) is 0 Å². The molecule has 0 saturated carbocycles. The van der Waals surface area contributed by atoms with Crippen LogP contribution in [0.2, 0.25) is 0 Å². The first kappa shape index (κ1) is 17.1. The highest BCUT2D eigenvalue weighted by Gasteiger charge is 2.28. The molecule has 0 bridgehead atoms. The Bertz CT molecular complexity index is 738. The van der Waals surface area contributed by atoms with Crippen molar-refractivity contribution in [2.45, 2.75) is 18.9 Å². The van der Waals surface area contributed by atoms with Crippen molar-refractivity contribution in [3.8, 4) is 0 Å². The Morgan fingerprint density at radius 3 is 2.27 bits per heavy atom. The number of rotatable bonds is 3. The summed E-state index contributed by atoms with van der Waals surface area (Å²) in [6.45, 7) is 4.69.